The number of nitrogens with zero attached hydrogens (tertiary/aromatic N) is 1. The van der Waals surface area contributed by atoms with Crippen LogP contribution in [0.3, 0.4) is 0 Å². The van der Waals surface area contributed by atoms with Crippen molar-refractivity contribution in [1.29, 1.82) is 0 Å². The van der Waals surface area contributed by atoms with Crippen molar-refractivity contribution in [1.82, 2.24) is 4.90 Å². The number of nitrogens with two attached hydrogens (primary N) is 1. The quantitative estimate of drug-likeness (QED) is 0.734. The Morgan fingerprint density at radius 1 is 0.889 bits per heavy atom. The van der Waals surface area contributed by atoms with Gasteiger partial charge in [0.15, 0.2) is 0 Å². The molecule has 0 aromatic heterocycles. The van der Waals surface area contributed by atoms with Crippen molar-refractivity contribution in [3.05, 3.63) is 0 Å². The maximum atomic E-state index is 6.18. The molecule has 0 saturated heterocycles. The molecule has 0 heterocycles. The predicted octanol–water partition coefficient (Wildman–Crippen LogP) is 3.16. The van der Waals surface area contributed by atoms with Crippen molar-refractivity contribution in [2.24, 2.45) is 17.6 Å². The van der Waals surface area contributed by atoms with Gasteiger partial charge in [-0.1, -0.05) is 25.7 Å². The highest BCUT2D eigenvalue weighted by atomic mass is 15.2. The second-order valence-electron chi connectivity index (χ2n) is 6.93. The van der Waals surface area contributed by atoms with Crippen LogP contribution in [0, 0.1) is 11.8 Å². The average Bonchev–Trinajstić information content (AvgIpc) is 3.23. The predicted molar refractivity (Wildman–Crippen MR) is 76.5 cm³/mol. The fourth-order valence-electron chi connectivity index (χ4n) is 3.85. The molecule has 2 nitrogen and oxygen atoms in total. The first-order valence-corrected chi connectivity index (χ1v) is 8.34. The summed E-state index contributed by atoms with van der Waals surface area (Å²) in [6.07, 6.45) is 14.5. The third-order valence-electron chi connectivity index (χ3n) is 5.29. The minimum Gasteiger partial charge on any atom is -0.329 e. The van der Waals surface area contributed by atoms with E-state index in [1.165, 1.54) is 70.8 Å². The normalized spacial score (nSPS) is 28.3. The summed E-state index contributed by atoms with van der Waals surface area (Å²) in [5, 5.41) is 0. The Morgan fingerprint density at radius 2 is 1.56 bits per heavy atom. The van der Waals surface area contributed by atoms with E-state index in [4.69, 9.17) is 5.73 Å². The Kier molecular flexibility index (Phi) is 4.25. The van der Waals surface area contributed by atoms with Crippen LogP contribution >= 0.6 is 0 Å². The van der Waals surface area contributed by atoms with Gasteiger partial charge in [0.25, 0.3) is 0 Å². The van der Waals surface area contributed by atoms with Crippen LogP contribution in [0.2, 0.25) is 0 Å². The highest BCUT2D eigenvalue weighted by Crippen LogP contribution is 2.39. The molecular formula is C16H30N2. The first-order valence-electron chi connectivity index (χ1n) is 8.34. The van der Waals surface area contributed by atoms with E-state index in [1.807, 2.05) is 0 Å². The molecule has 0 radical (unpaired) electrons. The van der Waals surface area contributed by atoms with Crippen LogP contribution in [-0.2, 0) is 0 Å². The van der Waals surface area contributed by atoms with E-state index in [2.05, 4.69) is 4.90 Å². The van der Waals surface area contributed by atoms with Gasteiger partial charge < -0.3 is 5.73 Å². The lowest BCUT2D eigenvalue weighted by atomic mass is 9.90. The van der Waals surface area contributed by atoms with Gasteiger partial charge in [-0.05, 0) is 50.4 Å². The van der Waals surface area contributed by atoms with Crippen molar-refractivity contribution in [3.63, 3.8) is 0 Å². The Labute approximate surface area is 112 Å². The molecule has 2 heteroatoms. The fraction of sp³-hybridized carbons (Fsp3) is 1.00. The van der Waals surface area contributed by atoms with Crippen LogP contribution in [0.1, 0.15) is 64.2 Å². The summed E-state index contributed by atoms with van der Waals surface area (Å²) in [5.74, 6) is 1.92. The molecule has 18 heavy (non-hydrogen) atoms. The molecule has 1 atom stereocenters. The third kappa shape index (κ3) is 3.27. The van der Waals surface area contributed by atoms with E-state index in [0.29, 0.717) is 6.04 Å². The Hall–Kier alpha value is -0.0800. The van der Waals surface area contributed by atoms with Crippen LogP contribution in [-0.4, -0.2) is 30.1 Å². The fourth-order valence-corrected chi connectivity index (χ4v) is 3.85. The van der Waals surface area contributed by atoms with Crippen LogP contribution in [0.5, 0.6) is 0 Å². The van der Waals surface area contributed by atoms with Gasteiger partial charge in [0, 0.05) is 25.2 Å². The standard InChI is InChI=1S/C16H30N2/c17-11-16(14-5-3-1-2-4-6-14)18(15-9-10-15)12-13-7-8-13/h13-16H,1-12,17H2. The van der Waals surface area contributed by atoms with Crippen molar-refractivity contribution in [2.75, 3.05) is 13.1 Å². The SMILES string of the molecule is NCC(C1CCCCCC1)N(CC1CC1)C1CC1. The smallest absolute Gasteiger partial charge is 0.0249 e. The molecule has 0 aromatic rings. The molecule has 3 fully saturated rings. The van der Waals surface area contributed by atoms with E-state index >= 15 is 0 Å². The van der Waals surface area contributed by atoms with Gasteiger partial charge in [-0.25, -0.2) is 0 Å². The van der Waals surface area contributed by atoms with Crippen LogP contribution in [0.25, 0.3) is 0 Å². The topological polar surface area (TPSA) is 29.3 Å². The zero-order valence-electron chi connectivity index (χ0n) is 11.8. The minimum atomic E-state index is 0.705. The molecule has 104 valence electrons. The second kappa shape index (κ2) is 5.92. The first kappa shape index (κ1) is 12.9. The molecule has 3 saturated carbocycles. The lowest BCUT2D eigenvalue weighted by Crippen LogP contribution is -2.47. The molecule has 2 N–H and O–H groups in total. The maximum Gasteiger partial charge on any atom is 0.0249 e. The molecule has 1 unspecified atom stereocenters. The third-order valence-corrected chi connectivity index (χ3v) is 5.29. The summed E-state index contributed by atoms with van der Waals surface area (Å²) in [4.78, 5) is 2.84. The number of hydrogen-bond donors (Lipinski definition) is 1. The molecule has 0 aromatic carbocycles. The number of hydrogen-bond acceptors (Lipinski definition) is 2. The Morgan fingerprint density at radius 3 is 2.06 bits per heavy atom. The van der Waals surface area contributed by atoms with E-state index in [0.717, 1.165) is 24.4 Å². The van der Waals surface area contributed by atoms with Gasteiger partial charge in [-0.2, -0.15) is 0 Å². The first-order chi connectivity index (χ1) is 8.88. The molecule has 0 amide bonds. The Bertz CT molecular complexity index is 250. The highest BCUT2D eigenvalue weighted by molar-refractivity contribution is 4.94. The van der Waals surface area contributed by atoms with Crippen molar-refractivity contribution in [3.8, 4) is 0 Å². The summed E-state index contributed by atoms with van der Waals surface area (Å²) in [6.45, 7) is 2.26. The highest BCUT2D eigenvalue weighted by Gasteiger charge is 2.39. The molecule has 0 aliphatic heterocycles. The summed E-state index contributed by atoms with van der Waals surface area (Å²) >= 11 is 0. The lowest BCUT2D eigenvalue weighted by molar-refractivity contribution is 0.121. The van der Waals surface area contributed by atoms with Crippen LogP contribution < -0.4 is 5.73 Å². The Balaban J connectivity index is 1.63. The summed E-state index contributed by atoms with van der Waals surface area (Å²) < 4.78 is 0. The van der Waals surface area contributed by atoms with Gasteiger partial charge in [0.2, 0.25) is 0 Å². The maximum absolute atomic E-state index is 6.18. The van der Waals surface area contributed by atoms with Crippen LogP contribution in [0.15, 0.2) is 0 Å². The van der Waals surface area contributed by atoms with Crippen LogP contribution in [0.4, 0.5) is 0 Å². The lowest BCUT2D eigenvalue weighted by Gasteiger charge is -2.36. The van der Waals surface area contributed by atoms with E-state index < -0.39 is 0 Å². The largest absolute Gasteiger partial charge is 0.329 e. The van der Waals surface area contributed by atoms with Crippen molar-refractivity contribution in [2.45, 2.75) is 76.3 Å². The number of rotatable bonds is 6. The summed E-state index contributed by atoms with van der Waals surface area (Å²) in [6, 6.07) is 1.61. The molecule has 0 bridgehead atoms. The zero-order chi connectivity index (χ0) is 12.4. The molecule has 0 spiro atoms. The minimum absolute atomic E-state index is 0.705. The summed E-state index contributed by atoms with van der Waals surface area (Å²) in [7, 11) is 0. The van der Waals surface area contributed by atoms with Gasteiger partial charge in [-0.3, -0.25) is 4.90 Å². The van der Waals surface area contributed by atoms with Gasteiger partial charge in [0.05, 0.1) is 0 Å². The summed E-state index contributed by atoms with van der Waals surface area (Å²) in [5.41, 5.74) is 6.18. The second-order valence-corrected chi connectivity index (χ2v) is 6.93. The van der Waals surface area contributed by atoms with Gasteiger partial charge in [-0.15, -0.1) is 0 Å². The van der Waals surface area contributed by atoms with Gasteiger partial charge in [0.1, 0.15) is 0 Å². The molecule has 3 rings (SSSR count). The van der Waals surface area contributed by atoms with E-state index in [1.54, 1.807) is 0 Å². The van der Waals surface area contributed by atoms with E-state index in [9.17, 15) is 0 Å². The molecule has 3 aliphatic carbocycles. The monoisotopic (exact) mass is 250 g/mol. The zero-order valence-corrected chi connectivity index (χ0v) is 11.8. The van der Waals surface area contributed by atoms with Crippen molar-refractivity contribution >= 4 is 0 Å². The average molecular weight is 250 g/mol. The molecular weight excluding hydrogens is 220 g/mol. The molecule has 3 aliphatic rings. The van der Waals surface area contributed by atoms with E-state index in [-0.39, 0.29) is 0 Å². The van der Waals surface area contributed by atoms with Crippen molar-refractivity contribution < 1.29 is 0 Å². The van der Waals surface area contributed by atoms with Gasteiger partial charge >= 0.3 is 0 Å².